The summed E-state index contributed by atoms with van der Waals surface area (Å²) in [7, 11) is 0. The molecule has 0 aliphatic heterocycles. The molecule has 1 amide bonds. The minimum atomic E-state index is 0.0314. The first kappa shape index (κ1) is 16.0. The summed E-state index contributed by atoms with van der Waals surface area (Å²) < 4.78 is 0. The third-order valence-electron chi connectivity index (χ3n) is 3.11. The predicted octanol–water partition coefficient (Wildman–Crippen LogP) is 4.31. The van der Waals surface area contributed by atoms with Gasteiger partial charge < -0.3 is 5.32 Å². The number of hydrogen-bond acceptors (Lipinski definition) is 3. The number of carbonyl (C=O) groups excluding carboxylic acids is 1. The van der Waals surface area contributed by atoms with E-state index in [2.05, 4.69) is 17.2 Å². The molecule has 21 heavy (non-hydrogen) atoms. The molecule has 0 fully saturated rings. The van der Waals surface area contributed by atoms with Crippen molar-refractivity contribution in [1.82, 2.24) is 10.3 Å². The second-order valence-electron chi connectivity index (χ2n) is 5.08. The molecule has 0 aliphatic carbocycles. The molecule has 0 saturated heterocycles. The smallest absolute Gasteiger partial charge is 0.226 e. The first-order valence-electron chi connectivity index (χ1n) is 7.08. The Labute approximate surface area is 134 Å². The number of hydrogen-bond donors (Lipinski definition) is 1. The Kier molecular flexibility index (Phi) is 5.76. The van der Waals surface area contributed by atoms with Crippen molar-refractivity contribution in [2.24, 2.45) is 0 Å². The predicted molar refractivity (Wildman–Crippen MR) is 88.8 cm³/mol. The summed E-state index contributed by atoms with van der Waals surface area (Å²) in [6, 6.07) is 7.79. The first-order valence-corrected chi connectivity index (χ1v) is 8.34. The SMILES string of the molecule is CCCC(C)NC(=O)Cc1csc(-c2ccc(Cl)cc2)n1. The average Bonchev–Trinajstić information content (AvgIpc) is 2.88. The molecule has 1 heterocycles. The molecule has 2 rings (SSSR count). The van der Waals surface area contributed by atoms with Crippen molar-refractivity contribution in [2.75, 3.05) is 0 Å². The van der Waals surface area contributed by atoms with E-state index < -0.39 is 0 Å². The summed E-state index contributed by atoms with van der Waals surface area (Å²) in [5, 5.41) is 6.55. The van der Waals surface area contributed by atoms with E-state index in [0.717, 1.165) is 29.1 Å². The van der Waals surface area contributed by atoms with Gasteiger partial charge in [-0.25, -0.2) is 4.98 Å². The van der Waals surface area contributed by atoms with Crippen molar-refractivity contribution in [3.05, 3.63) is 40.4 Å². The molecule has 2 aromatic rings. The largest absolute Gasteiger partial charge is 0.353 e. The minimum Gasteiger partial charge on any atom is -0.353 e. The van der Waals surface area contributed by atoms with Crippen LogP contribution in [0.4, 0.5) is 0 Å². The lowest BCUT2D eigenvalue weighted by Gasteiger charge is -2.11. The molecule has 0 saturated carbocycles. The summed E-state index contributed by atoms with van der Waals surface area (Å²) in [5.41, 5.74) is 1.83. The van der Waals surface area contributed by atoms with Gasteiger partial charge in [-0.2, -0.15) is 0 Å². The number of halogens is 1. The number of benzene rings is 1. The maximum Gasteiger partial charge on any atom is 0.226 e. The fourth-order valence-corrected chi connectivity index (χ4v) is 3.06. The van der Waals surface area contributed by atoms with E-state index in [9.17, 15) is 4.79 Å². The van der Waals surface area contributed by atoms with Crippen molar-refractivity contribution < 1.29 is 4.79 Å². The molecule has 112 valence electrons. The number of amides is 1. The maximum atomic E-state index is 11.9. The van der Waals surface area contributed by atoms with Gasteiger partial charge in [-0.05, 0) is 25.5 Å². The fraction of sp³-hybridized carbons (Fsp3) is 0.375. The van der Waals surface area contributed by atoms with Gasteiger partial charge in [0.25, 0.3) is 0 Å². The van der Waals surface area contributed by atoms with Crippen LogP contribution in [0.5, 0.6) is 0 Å². The van der Waals surface area contributed by atoms with E-state index in [4.69, 9.17) is 11.6 Å². The molecule has 0 aliphatic rings. The van der Waals surface area contributed by atoms with Crippen LogP contribution in [0.3, 0.4) is 0 Å². The van der Waals surface area contributed by atoms with E-state index in [1.54, 1.807) is 11.3 Å². The lowest BCUT2D eigenvalue weighted by molar-refractivity contribution is -0.121. The fourth-order valence-electron chi connectivity index (χ4n) is 2.11. The standard InChI is InChI=1S/C16H19ClN2OS/c1-3-4-11(2)18-15(20)9-14-10-21-16(19-14)12-5-7-13(17)8-6-12/h5-8,10-11H,3-4,9H2,1-2H3,(H,18,20). The van der Waals surface area contributed by atoms with Crippen molar-refractivity contribution in [2.45, 2.75) is 39.2 Å². The Morgan fingerprint density at radius 1 is 1.38 bits per heavy atom. The highest BCUT2D eigenvalue weighted by Crippen LogP contribution is 2.25. The quantitative estimate of drug-likeness (QED) is 0.861. The van der Waals surface area contributed by atoms with E-state index >= 15 is 0 Å². The molecular weight excluding hydrogens is 304 g/mol. The second-order valence-corrected chi connectivity index (χ2v) is 6.38. The molecule has 1 aromatic heterocycles. The number of nitrogens with zero attached hydrogens (tertiary/aromatic N) is 1. The van der Waals surface area contributed by atoms with Crippen LogP contribution in [0.2, 0.25) is 5.02 Å². The van der Waals surface area contributed by atoms with Crippen LogP contribution in [-0.2, 0) is 11.2 Å². The van der Waals surface area contributed by atoms with Gasteiger partial charge in [0.2, 0.25) is 5.91 Å². The molecule has 0 bridgehead atoms. The van der Waals surface area contributed by atoms with Crippen molar-refractivity contribution in [1.29, 1.82) is 0 Å². The highest BCUT2D eigenvalue weighted by molar-refractivity contribution is 7.13. The van der Waals surface area contributed by atoms with Gasteiger partial charge in [0, 0.05) is 22.0 Å². The Hall–Kier alpha value is -1.39. The zero-order chi connectivity index (χ0) is 15.2. The van der Waals surface area contributed by atoms with Crippen LogP contribution in [-0.4, -0.2) is 16.9 Å². The normalized spacial score (nSPS) is 12.1. The Morgan fingerprint density at radius 2 is 2.10 bits per heavy atom. The third kappa shape index (κ3) is 4.83. The zero-order valence-corrected chi connectivity index (χ0v) is 13.8. The first-order chi connectivity index (χ1) is 10.1. The van der Waals surface area contributed by atoms with Crippen molar-refractivity contribution in [3.63, 3.8) is 0 Å². The maximum absolute atomic E-state index is 11.9. The van der Waals surface area contributed by atoms with Crippen LogP contribution >= 0.6 is 22.9 Å². The van der Waals surface area contributed by atoms with Crippen LogP contribution in [0, 0.1) is 0 Å². The summed E-state index contributed by atoms with van der Waals surface area (Å²) in [5.74, 6) is 0.0314. The summed E-state index contributed by atoms with van der Waals surface area (Å²) in [6.07, 6.45) is 2.40. The molecule has 3 nitrogen and oxygen atoms in total. The van der Waals surface area contributed by atoms with Crippen LogP contribution in [0.15, 0.2) is 29.6 Å². The lowest BCUT2D eigenvalue weighted by Crippen LogP contribution is -2.33. The molecule has 1 N–H and O–H groups in total. The molecule has 1 atom stereocenters. The van der Waals surface area contributed by atoms with E-state index in [1.165, 1.54) is 0 Å². The van der Waals surface area contributed by atoms with E-state index in [-0.39, 0.29) is 11.9 Å². The van der Waals surface area contributed by atoms with Gasteiger partial charge >= 0.3 is 0 Å². The Morgan fingerprint density at radius 3 is 2.76 bits per heavy atom. The Balaban J connectivity index is 1.97. The number of thiazole rings is 1. The number of rotatable bonds is 6. The highest BCUT2D eigenvalue weighted by atomic mass is 35.5. The second kappa shape index (κ2) is 7.57. The van der Waals surface area contributed by atoms with Crippen LogP contribution in [0.25, 0.3) is 10.6 Å². The molecular formula is C16H19ClN2OS. The molecule has 0 spiro atoms. The van der Waals surface area contributed by atoms with E-state index in [1.807, 2.05) is 36.6 Å². The van der Waals surface area contributed by atoms with Gasteiger partial charge in [0.05, 0.1) is 12.1 Å². The van der Waals surface area contributed by atoms with Crippen molar-refractivity contribution in [3.8, 4) is 10.6 Å². The summed E-state index contributed by atoms with van der Waals surface area (Å²) in [6.45, 7) is 4.14. The van der Waals surface area contributed by atoms with Crippen LogP contribution in [0.1, 0.15) is 32.4 Å². The molecule has 1 unspecified atom stereocenters. The summed E-state index contributed by atoms with van der Waals surface area (Å²) >= 11 is 7.42. The molecule has 1 aromatic carbocycles. The average molecular weight is 323 g/mol. The molecule has 0 radical (unpaired) electrons. The van der Waals surface area contributed by atoms with E-state index in [0.29, 0.717) is 11.4 Å². The number of aromatic nitrogens is 1. The van der Waals surface area contributed by atoms with Gasteiger partial charge in [0.15, 0.2) is 0 Å². The lowest BCUT2D eigenvalue weighted by atomic mass is 10.2. The van der Waals surface area contributed by atoms with Crippen molar-refractivity contribution >= 4 is 28.8 Å². The monoisotopic (exact) mass is 322 g/mol. The van der Waals surface area contributed by atoms with Crippen LogP contribution < -0.4 is 5.32 Å². The third-order valence-corrected chi connectivity index (χ3v) is 4.31. The zero-order valence-electron chi connectivity index (χ0n) is 12.2. The number of nitrogens with one attached hydrogen (secondary N) is 1. The topological polar surface area (TPSA) is 42.0 Å². The highest BCUT2D eigenvalue weighted by Gasteiger charge is 2.11. The Bertz CT molecular complexity index is 595. The van der Waals surface area contributed by atoms with Gasteiger partial charge in [0.1, 0.15) is 5.01 Å². The summed E-state index contributed by atoms with van der Waals surface area (Å²) in [4.78, 5) is 16.4. The van der Waals surface area contributed by atoms with Gasteiger partial charge in [-0.1, -0.05) is 37.1 Å². The molecule has 5 heteroatoms. The number of carbonyl (C=O) groups is 1. The van der Waals surface area contributed by atoms with Gasteiger partial charge in [-0.15, -0.1) is 11.3 Å². The minimum absolute atomic E-state index is 0.0314. The van der Waals surface area contributed by atoms with Gasteiger partial charge in [-0.3, -0.25) is 4.79 Å².